The van der Waals surface area contributed by atoms with E-state index in [0.717, 1.165) is 0 Å². The second kappa shape index (κ2) is 9.60. The lowest BCUT2D eigenvalue weighted by Gasteiger charge is -2.24. The van der Waals surface area contributed by atoms with Gasteiger partial charge in [0, 0.05) is 0 Å². The molecule has 0 heterocycles. The minimum absolute atomic E-state index is 0. The third-order valence-electron chi connectivity index (χ3n) is 1.58. The third kappa shape index (κ3) is 5.71. The maximum Gasteiger partial charge on any atom is 0.138 e. The molecule has 0 bridgehead atoms. The number of aldehydes is 1. The van der Waals surface area contributed by atoms with Gasteiger partial charge in [-0.2, -0.15) is 0 Å². The average Bonchev–Trinajstić information content (AvgIpc) is 2.12. The van der Waals surface area contributed by atoms with Gasteiger partial charge in [-0.25, -0.2) is 0 Å². The van der Waals surface area contributed by atoms with E-state index in [-0.39, 0.29) is 24.8 Å². The lowest BCUT2D eigenvalue weighted by atomic mass is 10.0. The molecule has 0 radical (unpaired) electrons. The van der Waals surface area contributed by atoms with E-state index in [0.29, 0.717) is 6.29 Å². The van der Waals surface area contributed by atoms with Gasteiger partial charge in [-0.3, -0.25) is 0 Å². The zero-order valence-electron chi connectivity index (χ0n) is 7.31. The smallest absolute Gasteiger partial charge is 0.138 e. The number of rotatable bonds is 5. The Labute approximate surface area is 94.1 Å². The molecule has 0 aromatic carbocycles. The fraction of sp³-hybridized carbons (Fsp3) is 0.833. The molecule has 8 heteroatoms. The van der Waals surface area contributed by atoms with Crippen LogP contribution in [0.15, 0.2) is 0 Å². The van der Waals surface area contributed by atoms with Crippen molar-refractivity contribution in [2.75, 3.05) is 6.61 Å². The van der Waals surface area contributed by atoms with Crippen LogP contribution in [0.25, 0.3) is 0 Å². The second-order valence-corrected chi connectivity index (χ2v) is 2.53. The second-order valence-electron chi connectivity index (χ2n) is 2.53. The molecule has 0 unspecified atom stereocenters. The van der Waals surface area contributed by atoms with Crippen LogP contribution in [-0.4, -0.2) is 52.5 Å². The van der Waals surface area contributed by atoms with Gasteiger partial charge in [-0.1, -0.05) is 0 Å². The molecule has 6 nitrogen and oxygen atoms in total. The summed E-state index contributed by atoms with van der Waals surface area (Å²) in [6, 6.07) is -2.11. The van der Waals surface area contributed by atoms with Gasteiger partial charge in [0.25, 0.3) is 0 Å². The van der Waals surface area contributed by atoms with Crippen LogP contribution in [0.2, 0.25) is 0 Å². The molecule has 0 aliphatic heterocycles. The first-order valence-corrected chi connectivity index (χ1v) is 3.48. The van der Waals surface area contributed by atoms with Gasteiger partial charge in [0.2, 0.25) is 0 Å². The van der Waals surface area contributed by atoms with Crippen LogP contribution < -0.4 is 11.5 Å². The molecule has 0 amide bonds. The number of aliphatic hydroxyl groups excluding tert-OH is 3. The zero-order chi connectivity index (χ0) is 9.72. The molecule has 14 heavy (non-hydrogen) atoms. The molecule has 0 saturated heterocycles. The number of carbonyl (C=O) groups excluding carboxylic acids is 1. The van der Waals surface area contributed by atoms with E-state index in [1.807, 2.05) is 0 Å². The van der Waals surface area contributed by atoms with Crippen molar-refractivity contribution in [2.24, 2.45) is 11.5 Å². The zero-order valence-corrected chi connectivity index (χ0v) is 8.95. The van der Waals surface area contributed by atoms with Crippen molar-refractivity contribution in [3.8, 4) is 0 Å². The number of hydrogen-bond acceptors (Lipinski definition) is 6. The predicted molar refractivity (Wildman–Crippen MR) is 55.6 cm³/mol. The minimum atomic E-state index is -1.39. The summed E-state index contributed by atoms with van der Waals surface area (Å²) in [6.45, 7) is -0.625. The molecule has 0 aromatic rings. The summed E-state index contributed by atoms with van der Waals surface area (Å²) in [7, 11) is 0. The fourth-order valence-electron chi connectivity index (χ4n) is 0.683. The van der Waals surface area contributed by atoms with Gasteiger partial charge in [-0.05, 0) is 0 Å². The summed E-state index contributed by atoms with van der Waals surface area (Å²) in [4.78, 5) is 10.1. The van der Waals surface area contributed by atoms with Gasteiger partial charge in [0.15, 0.2) is 0 Å². The van der Waals surface area contributed by atoms with Gasteiger partial charge in [0.1, 0.15) is 12.4 Å². The van der Waals surface area contributed by atoms with Gasteiger partial charge in [-0.15, -0.1) is 24.8 Å². The maximum absolute atomic E-state index is 10.1. The molecule has 0 rings (SSSR count). The van der Waals surface area contributed by atoms with Crippen LogP contribution in [0.5, 0.6) is 0 Å². The van der Waals surface area contributed by atoms with Crippen molar-refractivity contribution >= 4 is 31.1 Å². The van der Waals surface area contributed by atoms with Crippen molar-refractivity contribution < 1.29 is 20.1 Å². The minimum Gasteiger partial charge on any atom is -0.394 e. The molecular weight excluding hydrogens is 235 g/mol. The van der Waals surface area contributed by atoms with E-state index in [1.165, 1.54) is 0 Å². The fourth-order valence-corrected chi connectivity index (χ4v) is 0.683. The highest BCUT2D eigenvalue weighted by Gasteiger charge is 2.27. The number of nitrogens with two attached hydrogens (primary N) is 2. The quantitative estimate of drug-likeness (QED) is 0.340. The van der Waals surface area contributed by atoms with Crippen LogP contribution >= 0.6 is 24.8 Å². The molecule has 4 atom stereocenters. The predicted octanol–water partition coefficient (Wildman–Crippen LogP) is -2.60. The van der Waals surface area contributed by atoms with Gasteiger partial charge in [0.05, 0.1) is 24.8 Å². The molecular formula is C6H16Cl2N2O4. The standard InChI is InChI=1S/C6H14N2O4.2ClH/c7-3(1-9)5(8)6(12)4(11)2-10;;/h1,3-6,10-12H,2,7-8H2;2*1H/t3-,4+,5+,6+;;/m0../s1. The van der Waals surface area contributed by atoms with E-state index in [1.54, 1.807) is 0 Å². The Bertz CT molecular complexity index is 152. The first-order chi connectivity index (χ1) is 5.54. The van der Waals surface area contributed by atoms with E-state index in [2.05, 4.69) is 0 Å². The normalized spacial score (nSPS) is 18.1. The summed E-state index contributed by atoms with van der Waals surface area (Å²) in [5, 5.41) is 26.4. The molecule has 0 aromatic heterocycles. The molecule has 0 fully saturated rings. The van der Waals surface area contributed by atoms with Gasteiger partial charge < -0.3 is 31.6 Å². The summed E-state index contributed by atoms with van der Waals surface area (Å²) in [5.74, 6) is 0. The summed E-state index contributed by atoms with van der Waals surface area (Å²) in [5.41, 5.74) is 10.4. The number of halogens is 2. The summed E-state index contributed by atoms with van der Waals surface area (Å²) < 4.78 is 0. The first kappa shape index (κ1) is 19.6. The lowest BCUT2D eigenvalue weighted by Crippen LogP contribution is -2.55. The third-order valence-corrected chi connectivity index (χ3v) is 1.58. The molecule has 7 N–H and O–H groups in total. The highest BCUT2D eigenvalue weighted by Crippen LogP contribution is 1.99. The highest BCUT2D eigenvalue weighted by atomic mass is 35.5. The van der Waals surface area contributed by atoms with Crippen LogP contribution in [0.1, 0.15) is 0 Å². The van der Waals surface area contributed by atoms with Crippen LogP contribution in [0.4, 0.5) is 0 Å². The van der Waals surface area contributed by atoms with Crippen molar-refractivity contribution in [2.45, 2.75) is 24.3 Å². The molecule has 0 saturated carbocycles. The largest absolute Gasteiger partial charge is 0.394 e. The Morgan fingerprint density at radius 3 is 1.93 bits per heavy atom. The average molecular weight is 251 g/mol. The summed E-state index contributed by atoms with van der Waals surface area (Å²) >= 11 is 0. The Kier molecular flexibility index (Phi) is 13.4. The van der Waals surface area contributed by atoms with Crippen molar-refractivity contribution in [1.82, 2.24) is 0 Å². The van der Waals surface area contributed by atoms with Gasteiger partial charge >= 0.3 is 0 Å². The lowest BCUT2D eigenvalue weighted by molar-refractivity contribution is -0.110. The first-order valence-electron chi connectivity index (χ1n) is 3.48. The van der Waals surface area contributed by atoms with E-state index in [9.17, 15) is 4.79 Å². The summed E-state index contributed by atoms with van der Waals surface area (Å²) in [6.07, 6.45) is -2.39. The molecule has 0 spiro atoms. The monoisotopic (exact) mass is 250 g/mol. The number of hydrogen-bond donors (Lipinski definition) is 5. The van der Waals surface area contributed by atoms with Crippen molar-refractivity contribution in [3.63, 3.8) is 0 Å². The molecule has 0 aliphatic carbocycles. The van der Waals surface area contributed by atoms with Crippen molar-refractivity contribution in [1.29, 1.82) is 0 Å². The van der Waals surface area contributed by atoms with E-state index in [4.69, 9.17) is 26.8 Å². The Balaban J connectivity index is -0.000000605. The Morgan fingerprint density at radius 2 is 1.64 bits per heavy atom. The van der Waals surface area contributed by atoms with E-state index < -0.39 is 30.9 Å². The Hall–Kier alpha value is 0.0500. The van der Waals surface area contributed by atoms with Crippen LogP contribution in [0.3, 0.4) is 0 Å². The number of carbonyl (C=O) groups is 1. The van der Waals surface area contributed by atoms with Crippen LogP contribution in [-0.2, 0) is 4.79 Å². The van der Waals surface area contributed by atoms with Crippen molar-refractivity contribution in [3.05, 3.63) is 0 Å². The number of aliphatic hydroxyl groups is 3. The molecule has 88 valence electrons. The highest BCUT2D eigenvalue weighted by molar-refractivity contribution is 5.85. The SMILES string of the molecule is Cl.Cl.N[C@@H]([C@H](O)[C@H](O)CO)[C@@H](N)C=O. The Morgan fingerprint density at radius 1 is 1.21 bits per heavy atom. The van der Waals surface area contributed by atoms with E-state index >= 15 is 0 Å². The molecule has 0 aliphatic rings. The maximum atomic E-state index is 10.1. The van der Waals surface area contributed by atoms with Crippen LogP contribution in [0, 0.1) is 0 Å². The topological polar surface area (TPSA) is 130 Å².